The van der Waals surface area contributed by atoms with Crippen LogP contribution in [0.4, 0.5) is 5.69 Å². The average Bonchev–Trinajstić information content (AvgIpc) is 2.99. The number of terminal acetylenes is 1. The summed E-state index contributed by atoms with van der Waals surface area (Å²) >= 11 is 5.84. The van der Waals surface area contributed by atoms with Gasteiger partial charge in [0.1, 0.15) is 11.6 Å². The number of rotatable bonds is 4. The first-order valence-corrected chi connectivity index (χ1v) is 8.20. The standard InChI is InChI=1S/C21H14ClN3O/c1-2-11-25-14-16(19-5-3-4-6-20(19)25)12-15(13-23)21(26)24-18-9-7-17(22)8-10-18/h1,3-10,12,14H,11H2,(H,24,26)/b15-12+. The van der Waals surface area contributed by atoms with Gasteiger partial charge in [0.25, 0.3) is 5.91 Å². The summed E-state index contributed by atoms with van der Waals surface area (Å²) in [7, 11) is 0. The number of carbonyl (C=O) groups excluding carboxylic acids is 1. The molecule has 0 atom stereocenters. The van der Waals surface area contributed by atoms with Gasteiger partial charge in [0, 0.05) is 33.4 Å². The van der Waals surface area contributed by atoms with E-state index in [2.05, 4.69) is 11.2 Å². The zero-order valence-electron chi connectivity index (χ0n) is 13.7. The lowest BCUT2D eigenvalue weighted by molar-refractivity contribution is -0.112. The zero-order valence-corrected chi connectivity index (χ0v) is 14.5. The van der Waals surface area contributed by atoms with Gasteiger partial charge in [-0.25, -0.2) is 0 Å². The van der Waals surface area contributed by atoms with Crippen molar-refractivity contribution >= 4 is 40.2 Å². The number of aromatic nitrogens is 1. The highest BCUT2D eigenvalue weighted by molar-refractivity contribution is 6.30. The van der Waals surface area contributed by atoms with Crippen LogP contribution < -0.4 is 5.32 Å². The van der Waals surface area contributed by atoms with Crippen LogP contribution >= 0.6 is 11.6 Å². The number of halogens is 1. The van der Waals surface area contributed by atoms with Crippen molar-refractivity contribution in [2.75, 3.05) is 5.32 Å². The van der Waals surface area contributed by atoms with Crippen LogP contribution in [0.1, 0.15) is 5.56 Å². The molecule has 4 nitrogen and oxygen atoms in total. The highest BCUT2D eigenvalue weighted by Gasteiger charge is 2.12. The third-order valence-electron chi connectivity index (χ3n) is 3.85. The highest BCUT2D eigenvalue weighted by Crippen LogP contribution is 2.24. The molecule has 2 aromatic carbocycles. The molecule has 0 spiro atoms. The molecule has 3 rings (SSSR count). The third-order valence-corrected chi connectivity index (χ3v) is 4.10. The van der Waals surface area contributed by atoms with E-state index in [1.807, 2.05) is 41.1 Å². The molecular formula is C21H14ClN3O. The minimum absolute atomic E-state index is 0.00330. The molecule has 1 amide bonds. The van der Waals surface area contributed by atoms with Crippen LogP contribution in [0.5, 0.6) is 0 Å². The predicted molar refractivity (Wildman–Crippen MR) is 104 cm³/mol. The van der Waals surface area contributed by atoms with Crippen molar-refractivity contribution in [1.29, 1.82) is 5.26 Å². The van der Waals surface area contributed by atoms with E-state index >= 15 is 0 Å². The molecule has 0 fully saturated rings. The second-order valence-corrected chi connectivity index (χ2v) is 6.00. The molecule has 0 saturated heterocycles. The molecule has 5 heteroatoms. The Labute approximate surface area is 156 Å². The molecule has 0 aliphatic heterocycles. The Balaban J connectivity index is 1.95. The normalized spacial score (nSPS) is 11.0. The van der Waals surface area contributed by atoms with Gasteiger partial charge in [-0.3, -0.25) is 4.79 Å². The summed E-state index contributed by atoms with van der Waals surface area (Å²) in [6, 6.07) is 16.3. The fourth-order valence-electron chi connectivity index (χ4n) is 2.66. The Bertz CT molecular complexity index is 1080. The molecule has 3 aromatic rings. The van der Waals surface area contributed by atoms with Crippen LogP contribution in [-0.4, -0.2) is 10.5 Å². The smallest absolute Gasteiger partial charge is 0.266 e. The Morgan fingerprint density at radius 1 is 1.23 bits per heavy atom. The Morgan fingerprint density at radius 3 is 2.65 bits per heavy atom. The maximum Gasteiger partial charge on any atom is 0.266 e. The van der Waals surface area contributed by atoms with E-state index < -0.39 is 5.91 Å². The van der Waals surface area contributed by atoms with Gasteiger partial charge in [0.15, 0.2) is 0 Å². The first-order valence-electron chi connectivity index (χ1n) is 7.82. The SMILES string of the molecule is C#CCn1cc(/C=C(\C#N)C(=O)Nc2ccc(Cl)cc2)c2ccccc21. The molecule has 0 saturated carbocycles. The maximum atomic E-state index is 12.4. The molecule has 26 heavy (non-hydrogen) atoms. The van der Waals surface area contributed by atoms with Gasteiger partial charge >= 0.3 is 0 Å². The van der Waals surface area contributed by atoms with E-state index in [-0.39, 0.29) is 5.57 Å². The molecule has 0 aliphatic rings. The van der Waals surface area contributed by atoms with Crippen LogP contribution in [0.25, 0.3) is 17.0 Å². The quantitative estimate of drug-likeness (QED) is 0.424. The molecule has 0 radical (unpaired) electrons. The summed E-state index contributed by atoms with van der Waals surface area (Å²) in [5.41, 5.74) is 2.28. The fourth-order valence-corrected chi connectivity index (χ4v) is 2.78. The number of nitrogens with zero attached hydrogens (tertiary/aromatic N) is 2. The summed E-state index contributed by atoms with van der Waals surface area (Å²) < 4.78 is 1.91. The number of fused-ring (bicyclic) bond motifs is 1. The van der Waals surface area contributed by atoms with Crippen LogP contribution in [0, 0.1) is 23.7 Å². The predicted octanol–water partition coefficient (Wildman–Crippen LogP) is 4.47. The summed E-state index contributed by atoms with van der Waals surface area (Å²) in [5.74, 6) is 2.12. The highest BCUT2D eigenvalue weighted by atomic mass is 35.5. The van der Waals surface area contributed by atoms with Crippen molar-refractivity contribution in [3.8, 4) is 18.4 Å². The minimum Gasteiger partial charge on any atom is -0.335 e. The van der Waals surface area contributed by atoms with Crippen LogP contribution in [0.15, 0.2) is 60.3 Å². The van der Waals surface area contributed by atoms with Gasteiger partial charge in [-0.15, -0.1) is 6.42 Å². The van der Waals surface area contributed by atoms with Gasteiger partial charge in [0.05, 0.1) is 6.54 Å². The van der Waals surface area contributed by atoms with Crippen molar-refractivity contribution in [3.05, 3.63) is 70.9 Å². The number of anilines is 1. The van der Waals surface area contributed by atoms with Crippen molar-refractivity contribution in [2.24, 2.45) is 0 Å². The minimum atomic E-state index is -0.483. The Morgan fingerprint density at radius 2 is 1.96 bits per heavy atom. The number of hydrogen-bond acceptors (Lipinski definition) is 2. The molecule has 1 aromatic heterocycles. The Kier molecular flexibility index (Phi) is 5.08. The van der Waals surface area contributed by atoms with E-state index in [0.717, 1.165) is 16.5 Å². The van der Waals surface area contributed by atoms with Crippen molar-refractivity contribution in [2.45, 2.75) is 6.54 Å². The van der Waals surface area contributed by atoms with E-state index in [1.165, 1.54) is 0 Å². The van der Waals surface area contributed by atoms with Gasteiger partial charge < -0.3 is 9.88 Å². The number of benzene rings is 2. The van der Waals surface area contributed by atoms with E-state index in [9.17, 15) is 10.1 Å². The summed E-state index contributed by atoms with van der Waals surface area (Å²) in [6.07, 6.45) is 8.84. The second kappa shape index (κ2) is 7.61. The van der Waals surface area contributed by atoms with Crippen LogP contribution in [-0.2, 0) is 11.3 Å². The first-order chi connectivity index (χ1) is 12.6. The molecule has 1 heterocycles. The van der Waals surface area contributed by atoms with Gasteiger partial charge in [-0.05, 0) is 36.4 Å². The van der Waals surface area contributed by atoms with E-state index in [0.29, 0.717) is 17.3 Å². The molecule has 1 N–H and O–H groups in total. The van der Waals surface area contributed by atoms with Crippen LogP contribution in [0.3, 0.4) is 0 Å². The van der Waals surface area contributed by atoms with E-state index in [1.54, 1.807) is 30.3 Å². The van der Waals surface area contributed by atoms with Gasteiger partial charge in [-0.1, -0.05) is 35.7 Å². The lowest BCUT2D eigenvalue weighted by atomic mass is 10.1. The topological polar surface area (TPSA) is 57.8 Å². The first kappa shape index (κ1) is 17.4. The van der Waals surface area contributed by atoms with Crippen LogP contribution in [0.2, 0.25) is 5.02 Å². The summed E-state index contributed by atoms with van der Waals surface area (Å²) in [6.45, 7) is 0.410. The largest absolute Gasteiger partial charge is 0.335 e. The third kappa shape index (κ3) is 3.62. The number of nitrogens with one attached hydrogen (secondary N) is 1. The lowest BCUT2D eigenvalue weighted by Crippen LogP contribution is -2.13. The summed E-state index contributed by atoms with van der Waals surface area (Å²) in [4.78, 5) is 12.4. The lowest BCUT2D eigenvalue weighted by Gasteiger charge is -2.04. The zero-order chi connectivity index (χ0) is 18.5. The number of para-hydroxylation sites is 1. The number of carbonyl (C=O) groups is 1. The molecule has 0 aliphatic carbocycles. The second-order valence-electron chi connectivity index (χ2n) is 5.56. The number of hydrogen-bond donors (Lipinski definition) is 1. The maximum absolute atomic E-state index is 12.4. The monoisotopic (exact) mass is 359 g/mol. The molecule has 0 bridgehead atoms. The van der Waals surface area contributed by atoms with Crippen molar-refractivity contribution in [1.82, 2.24) is 4.57 Å². The Hall–Kier alpha value is -3.47. The molecular weight excluding hydrogens is 346 g/mol. The average molecular weight is 360 g/mol. The molecule has 126 valence electrons. The summed E-state index contributed by atoms with van der Waals surface area (Å²) in [5, 5.41) is 13.6. The van der Waals surface area contributed by atoms with Gasteiger partial charge in [-0.2, -0.15) is 5.26 Å². The van der Waals surface area contributed by atoms with E-state index in [4.69, 9.17) is 18.0 Å². The number of nitriles is 1. The number of amides is 1. The fraction of sp³-hybridized carbons (Fsp3) is 0.0476. The van der Waals surface area contributed by atoms with Crippen molar-refractivity contribution < 1.29 is 4.79 Å². The van der Waals surface area contributed by atoms with Gasteiger partial charge in [0.2, 0.25) is 0 Å². The van der Waals surface area contributed by atoms with Crippen molar-refractivity contribution in [3.63, 3.8) is 0 Å². The molecule has 0 unspecified atom stereocenters.